The monoisotopic (exact) mass is 294 g/mol. The average molecular weight is 295 g/mol. The van der Waals surface area contributed by atoms with Gasteiger partial charge in [-0.15, -0.1) is 11.6 Å². The summed E-state index contributed by atoms with van der Waals surface area (Å²) in [5.74, 6) is 2.95. The molecule has 1 aromatic carbocycles. The van der Waals surface area contributed by atoms with Crippen LogP contribution in [-0.4, -0.2) is 5.88 Å². The molecule has 1 heteroatoms. The predicted octanol–water partition coefficient (Wildman–Crippen LogP) is 6.42. The summed E-state index contributed by atoms with van der Waals surface area (Å²) in [5.41, 5.74) is 2.89. The zero-order valence-corrected chi connectivity index (χ0v) is 14.4. The summed E-state index contributed by atoms with van der Waals surface area (Å²) in [5, 5.41) is 0. The lowest BCUT2D eigenvalue weighted by Gasteiger charge is -2.14. The van der Waals surface area contributed by atoms with Crippen molar-refractivity contribution in [2.45, 2.75) is 65.7 Å². The molecule has 0 spiro atoms. The van der Waals surface area contributed by atoms with Crippen LogP contribution in [0.1, 0.15) is 70.4 Å². The number of benzene rings is 1. The lowest BCUT2D eigenvalue weighted by atomic mass is 9.92. The van der Waals surface area contributed by atoms with E-state index in [1.807, 2.05) is 0 Å². The van der Waals surface area contributed by atoms with Gasteiger partial charge in [-0.25, -0.2) is 0 Å². The number of hydrogen-bond acceptors (Lipinski definition) is 0. The second-order valence-electron chi connectivity index (χ2n) is 6.75. The van der Waals surface area contributed by atoms with Gasteiger partial charge in [-0.2, -0.15) is 0 Å². The first-order valence-corrected chi connectivity index (χ1v) is 8.71. The van der Waals surface area contributed by atoms with E-state index in [1.54, 1.807) is 0 Å². The first-order chi connectivity index (χ1) is 9.52. The Kier molecular flexibility index (Phi) is 8.30. The highest BCUT2D eigenvalue weighted by Gasteiger charge is 2.07. The van der Waals surface area contributed by atoms with E-state index in [1.165, 1.54) is 36.8 Å². The molecule has 0 saturated heterocycles. The molecule has 0 heterocycles. The Morgan fingerprint density at radius 3 is 2.10 bits per heavy atom. The van der Waals surface area contributed by atoms with E-state index in [0.29, 0.717) is 5.92 Å². The third-order valence-electron chi connectivity index (χ3n) is 4.15. The molecule has 0 N–H and O–H groups in total. The van der Waals surface area contributed by atoms with Gasteiger partial charge in [0, 0.05) is 5.88 Å². The summed E-state index contributed by atoms with van der Waals surface area (Å²) in [6, 6.07) is 9.18. The van der Waals surface area contributed by atoms with Gasteiger partial charge in [-0.3, -0.25) is 0 Å². The first-order valence-electron chi connectivity index (χ1n) is 8.17. The zero-order chi connectivity index (χ0) is 15.0. The number of alkyl halides is 1. The second kappa shape index (κ2) is 9.45. The van der Waals surface area contributed by atoms with Crippen LogP contribution in [-0.2, 0) is 6.42 Å². The molecule has 114 valence electrons. The van der Waals surface area contributed by atoms with E-state index >= 15 is 0 Å². The maximum Gasteiger partial charge on any atom is 0.0229 e. The van der Waals surface area contributed by atoms with Gasteiger partial charge in [0.25, 0.3) is 0 Å². The van der Waals surface area contributed by atoms with Crippen LogP contribution in [0.2, 0.25) is 0 Å². The summed E-state index contributed by atoms with van der Waals surface area (Å²) < 4.78 is 0. The van der Waals surface area contributed by atoms with Crippen LogP contribution < -0.4 is 0 Å². The molecular weight excluding hydrogens is 264 g/mol. The predicted molar refractivity (Wildman–Crippen MR) is 91.8 cm³/mol. The van der Waals surface area contributed by atoms with E-state index in [9.17, 15) is 0 Å². The average Bonchev–Trinajstić information content (AvgIpc) is 2.39. The standard InChI is InChI=1S/C19H31Cl/c1-15(2)6-5-7-16(3)14-18-8-10-19(11-9-18)17(4)12-13-20/h8-11,15-17H,5-7,12-14H2,1-4H3. The molecule has 0 saturated carbocycles. The Balaban J connectivity index is 2.40. The molecule has 2 atom stereocenters. The SMILES string of the molecule is CC(C)CCCC(C)Cc1ccc(C(C)CCCl)cc1. The summed E-state index contributed by atoms with van der Waals surface area (Å²) >= 11 is 5.82. The maximum absolute atomic E-state index is 5.82. The van der Waals surface area contributed by atoms with E-state index in [4.69, 9.17) is 11.6 Å². The number of hydrogen-bond donors (Lipinski definition) is 0. The topological polar surface area (TPSA) is 0 Å². The molecule has 0 aliphatic rings. The molecule has 0 bridgehead atoms. The normalized spacial score (nSPS) is 14.5. The van der Waals surface area contributed by atoms with Crippen LogP contribution in [0.15, 0.2) is 24.3 Å². The van der Waals surface area contributed by atoms with Crippen LogP contribution >= 0.6 is 11.6 Å². The summed E-state index contributed by atoms with van der Waals surface area (Å²) in [4.78, 5) is 0. The molecule has 0 fully saturated rings. The first kappa shape index (κ1) is 17.6. The van der Waals surface area contributed by atoms with Crippen LogP contribution in [0.4, 0.5) is 0 Å². The van der Waals surface area contributed by atoms with Crippen LogP contribution in [0.5, 0.6) is 0 Å². The molecule has 0 nitrogen and oxygen atoms in total. The fourth-order valence-electron chi connectivity index (χ4n) is 2.69. The molecule has 1 rings (SSSR count). The molecule has 0 amide bonds. The molecule has 0 aromatic heterocycles. The zero-order valence-electron chi connectivity index (χ0n) is 13.7. The van der Waals surface area contributed by atoms with E-state index in [-0.39, 0.29) is 0 Å². The molecule has 20 heavy (non-hydrogen) atoms. The molecule has 1 aromatic rings. The van der Waals surface area contributed by atoms with Gasteiger partial charge in [0.2, 0.25) is 0 Å². The molecule has 0 aliphatic heterocycles. The smallest absolute Gasteiger partial charge is 0.0229 e. The Labute approximate surface area is 130 Å². The molecule has 0 radical (unpaired) electrons. The lowest BCUT2D eigenvalue weighted by molar-refractivity contribution is 0.456. The van der Waals surface area contributed by atoms with Crippen molar-refractivity contribution >= 4 is 11.6 Å². The van der Waals surface area contributed by atoms with Gasteiger partial charge in [0.05, 0.1) is 0 Å². The second-order valence-corrected chi connectivity index (χ2v) is 7.13. The largest absolute Gasteiger partial charge is 0.127 e. The van der Waals surface area contributed by atoms with Crippen molar-refractivity contribution in [2.24, 2.45) is 11.8 Å². The Morgan fingerprint density at radius 1 is 0.900 bits per heavy atom. The van der Waals surface area contributed by atoms with Gasteiger partial charge >= 0.3 is 0 Å². The summed E-state index contributed by atoms with van der Waals surface area (Å²) in [6.07, 6.45) is 6.35. The number of rotatable bonds is 9. The van der Waals surface area contributed by atoms with Crippen LogP contribution in [0.3, 0.4) is 0 Å². The van der Waals surface area contributed by atoms with Crippen molar-refractivity contribution in [2.75, 3.05) is 5.88 Å². The van der Waals surface area contributed by atoms with E-state index < -0.39 is 0 Å². The number of halogens is 1. The molecular formula is C19H31Cl. The minimum absolute atomic E-state index is 0.574. The van der Waals surface area contributed by atoms with Crippen molar-refractivity contribution in [3.63, 3.8) is 0 Å². The lowest BCUT2D eigenvalue weighted by Crippen LogP contribution is -2.01. The fraction of sp³-hybridized carbons (Fsp3) is 0.684. The minimum Gasteiger partial charge on any atom is -0.127 e. The highest BCUT2D eigenvalue weighted by atomic mass is 35.5. The van der Waals surface area contributed by atoms with E-state index in [0.717, 1.165) is 24.1 Å². The Bertz CT molecular complexity index is 353. The van der Waals surface area contributed by atoms with E-state index in [2.05, 4.69) is 52.0 Å². The van der Waals surface area contributed by atoms with Crippen molar-refractivity contribution in [3.05, 3.63) is 35.4 Å². The third kappa shape index (κ3) is 6.79. The fourth-order valence-corrected chi connectivity index (χ4v) is 3.02. The van der Waals surface area contributed by atoms with Gasteiger partial charge in [-0.05, 0) is 41.7 Å². The Hall–Kier alpha value is -0.490. The highest BCUT2D eigenvalue weighted by Crippen LogP contribution is 2.22. The van der Waals surface area contributed by atoms with Gasteiger partial charge in [0.1, 0.15) is 0 Å². The van der Waals surface area contributed by atoms with Gasteiger partial charge in [0.15, 0.2) is 0 Å². The van der Waals surface area contributed by atoms with Crippen molar-refractivity contribution in [1.29, 1.82) is 0 Å². The van der Waals surface area contributed by atoms with Crippen LogP contribution in [0, 0.1) is 11.8 Å². The quantitative estimate of drug-likeness (QED) is 0.461. The van der Waals surface area contributed by atoms with Crippen LogP contribution in [0.25, 0.3) is 0 Å². The maximum atomic E-state index is 5.82. The highest BCUT2D eigenvalue weighted by molar-refractivity contribution is 6.17. The molecule has 0 aliphatic carbocycles. The van der Waals surface area contributed by atoms with Gasteiger partial charge in [-0.1, -0.05) is 71.2 Å². The third-order valence-corrected chi connectivity index (χ3v) is 4.37. The van der Waals surface area contributed by atoms with Crippen molar-refractivity contribution < 1.29 is 0 Å². The molecule has 2 unspecified atom stereocenters. The minimum atomic E-state index is 0.574. The summed E-state index contributed by atoms with van der Waals surface area (Å²) in [6.45, 7) is 9.26. The Morgan fingerprint density at radius 2 is 1.55 bits per heavy atom. The summed E-state index contributed by atoms with van der Waals surface area (Å²) in [7, 11) is 0. The van der Waals surface area contributed by atoms with Crippen molar-refractivity contribution in [3.8, 4) is 0 Å². The van der Waals surface area contributed by atoms with Gasteiger partial charge < -0.3 is 0 Å². The van der Waals surface area contributed by atoms with Crippen molar-refractivity contribution in [1.82, 2.24) is 0 Å².